The van der Waals surface area contributed by atoms with Crippen molar-refractivity contribution in [3.8, 4) is 51.0 Å². The molecule has 8 aliphatic heterocycles. The fourth-order valence-electron chi connectivity index (χ4n) is 30.0. The molecule has 6 atom stereocenters. The number of benzene rings is 6. The second-order valence-corrected chi connectivity index (χ2v) is 53.7. The highest BCUT2D eigenvalue weighted by molar-refractivity contribution is 7.91. The number of carbonyl (C=O) groups excluding carboxylic acids is 8. The maximum atomic E-state index is 15.0. The van der Waals surface area contributed by atoms with Crippen LogP contribution in [-0.2, 0) is 73.7 Å². The number of hydrogen-bond acceptors (Lipinski definition) is 18. The Labute approximate surface area is 882 Å². The van der Waals surface area contributed by atoms with Crippen LogP contribution in [0.15, 0.2) is 109 Å². The van der Waals surface area contributed by atoms with Crippen molar-refractivity contribution in [1.82, 2.24) is 57.7 Å². The highest BCUT2D eigenvalue weighted by Gasteiger charge is 2.68. The van der Waals surface area contributed by atoms with Gasteiger partial charge in [-0.2, -0.15) is 0 Å². The molecule has 5 saturated heterocycles. The number of likely N-dealkylation sites (tertiary alicyclic amines) is 4. The van der Waals surface area contributed by atoms with E-state index in [1.807, 2.05) is 64.4 Å². The molecule has 24 rings (SSSR count). The number of nitrogens with zero attached hydrogens (tertiary/aromatic N) is 8. The molecule has 7 saturated carbocycles. The molecule has 4 N–H and O–H groups in total. The molecule has 7 aliphatic carbocycles. The lowest BCUT2D eigenvalue weighted by molar-refractivity contribution is -0.144. The van der Waals surface area contributed by atoms with Crippen molar-refractivity contribution in [2.24, 2.45) is 16.2 Å². The zero-order valence-electron chi connectivity index (χ0n) is 88.9. The Hall–Kier alpha value is -11.1. The molecule has 15 aliphatic rings. The average molecular weight is 2100 g/mol. The molecule has 11 heterocycles. The summed E-state index contributed by atoms with van der Waals surface area (Å²) in [5.74, 6) is 2.25. The number of amides is 8. The van der Waals surface area contributed by atoms with E-state index in [0.29, 0.717) is 82.1 Å². The number of nitrogens with one attached hydrogen (secondary N) is 4. The van der Waals surface area contributed by atoms with Crippen LogP contribution in [-0.4, -0.2) is 224 Å². The molecule has 150 heavy (non-hydrogen) atoms. The third kappa shape index (κ3) is 18.0. The first kappa shape index (κ1) is 103. The lowest BCUT2D eigenvalue weighted by Crippen LogP contribution is -2.61. The number of sulfonamides is 3. The van der Waals surface area contributed by atoms with Gasteiger partial charge in [0, 0.05) is 193 Å². The van der Waals surface area contributed by atoms with Crippen LogP contribution in [0.4, 0.5) is 0 Å². The van der Waals surface area contributed by atoms with E-state index < -0.39 is 74.5 Å². The van der Waals surface area contributed by atoms with Crippen molar-refractivity contribution in [3.05, 3.63) is 159 Å². The molecule has 3 spiro atoms. The predicted molar refractivity (Wildman–Crippen MR) is 579 cm³/mol. The highest BCUT2D eigenvalue weighted by Crippen LogP contribution is 2.71. The van der Waals surface area contributed by atoms with Crippen LogP contribution in [0.3, 0.4) is 0 Å². The smallest absolute Gasteiger partial charge is 0.264 e. The second kappa shape index (κ2) is 39.5. The monoisotopic (exact) mass is 2100 g/mol. The summed E-state index contributed by atoms with van der Waals surface area (Å²) in [6, 6.07) is 35.7. The van der Waals surface area contributed by atoms with Gasteiger partial charge in [0.15, 0.2) is 0 Å². The summed E-state index contributed by atoms with van der Waals surface area (Å²) in [6.45, 7) is 19.2. The van der Waals surface area contributed by atoms with E-state index in [9.17, 15) is 63.6 Å². The van der Waals surface area contributed by atoms with Crippen molar-refractivity contribution in [3.63, 3.8) is 0 Å². The first-order chi connectivity index (χ1) is 71.9. The summed E-state index contributed by atoms with van der Waals surface area (Å²) in [4.78, 5) is 121. The lowest BCUT2D eigenvalue weighted by atomic mass is 9.81. The van der Waals surface area contributed by atoms with E-state index in [4.69, 9.17) is 14.2 Å². The first-order valence-electron chi connectivity index (χ1n) is 55.9. The molecule has 32 heteroatoms. The van der Waals surface area contributed by atoms with E-state index in [0.717, 1.165) is 269 Å². The van der Waals surface area contributed by atoms with Gasteiger partial charge >= 0.3 is 0 Å². The molecule has 800 valence electrons. The van der Waals surface area contributed by atoms with E-state index in [-0.39, 0.29) is 80.8 Å². The van der Waals surface area contributed by atoms with Crippen molar-refractivity contribution in [2.45, 2.75) is 330 Å². The molecule has 12 fully saturated rings. The molecule has 8 amide bonds. The summed E-state index contributed by atoms with van der Waals surface area (Å²) in [5.41, 5.74) is 15.3. The Kier molecular flexibility index (Phi) is 27.2. The lowest BCUT2D eigenvalue weighted by Gasteiger charge is -2.45. The Bertz CT molecular complexity index is 7320. The number of fused-ring (bicyclic) bond motifs is 21. The summed E-state index contributed by atoms with van der Waals surface area (Å²) < 4.78 is 107. The van der Waals surface area contributed by atoms with E-state index in [1.165, 1.54) is 67.2 Å². The summed E-state index contributed by atoms with van der Waals surface area (Å²) in [5, 5.41) is 5.52. The SMILES string of the molecule is CCCS(=O)(=O)NC(=O)c1ccc2c(C3CCCCC3)c3n(c2c1)CC1(C(=O)N2CCC4(CCCN4C(C)=O)CC2)CC1c1cc(OC)ccc1-3.COc1ccc2c(c1)C1CC1(C(=O)N1CCC3(CCCN3C(C)=O)CC1)Cn1c-2c(C2CCCCC2)c2ccc(C(=O)NS(=O)(=O)C(C)C)cc21.COc1ccc2c(c1)C1CC1(C(=O)N1CCNC3(CCCC3)C1)Cn1c-2c(C2CCCCC2)c2ccc(C(=O)NS(=O)(=O)C(C)C)cc21. The number of aromatic nitrogens is 3. The number of rotatable bonds is 19. The minimum absolute atomic E-state index is 0.0167. The number of ether oxygens (including phenoxy) is 3. The minimum Gasteiger partial charge on any atom is -0.497 e. The van der Waals surface area contributed by atoms with Crippen molar-refractivity contribution < 1.29 is 77.8 Å². The van der Waals surface area contributed by atoms with Gasteiger partial charge in [0.05, 0.1) is 70.9 Å². The third-order valence-corrected chi connectivity index (χ3v) is 43.1. The Morgan fingerprint density at radius 1 is 0.380 bits per heavy atom. The van der Waals surface area contributed by atoms with Crippen LogP contribution in [0.5, 0.6) is 17.2 Å². The predicted octanol–water partition coefficient (Wildman–Crippen LogP) is 18.7. The van der Waals surface area contributed by atoms with Crippen molar-refractivity contribution >= 4 is 110 Å². The van der Waals surface area contributed by atoms with Crippen LogP contribution in [0.25, 0.3) is 66.5 Å². The number of carbonyl (C=O) groups is 8. The summed E-state index contributed by atoms with van der Waals surface area (Å²) in [6.07, 6.45) is 31.6. The van der Waals surface area contributed by atoms with Crippen LogP contribution in [0.2, 0.25) is 0 Å². The largest absolute Gasteiger partial charge is 0.497 e. The number of methoxy groups -OCH3 is 3. The fourth-order valence-corrected chi connectivity index (χ4v) is 32.3. The topological polar surface area (TPSA) is 346 Å². The summed E-state index contributed by atoms with van der Waals surface area (Å²) in [7, 11) is -6.33. The third-order valence-electron chi connectivity index (χ3n) is 38.2. The van der Waals surface area contributed by atoms with Gasteiger partial charge in [0.25, 0.3) is 17.7 Å². The van der Waals surface area contributed by atoms with Crippen LogP contribution >= 0.6 is 0 Å². The van der Waals surface area contributed by atoms with Gasteiger partial charge in [0.2, 0.25) is 59.6 Å². The molecule has 0 bridgehead atoms. The van der Waals surface area contributed by atoms with Gasteiger partial charge < -0.3 is 57.7 Å². The van der Waals surface area contributed by atoms with E-state index >= 15 is 0 Å². The Morgan fingerprint density at radius 2 is 0.713 bits per heavy atom. The molecular formula is C118H148N12O17S3. The first-order valence-corrected chi connectivity index (χ1v) is 60.6. The van der Waals surface area contributed by atoms with Gasteiger partial charge in [-0.3, -0.25) is 38.4 Å². The van der Waals surface area contributed by atoms with E-state index in [2.05, 4.69) is 84.3 Å². The zero-order chi connectivity index (χ0) is 105. The highest BCUT2D eigenvalue weighted by atomic mass is 32.2. The molecule has 29 nitrogen and oxygen atoms in total. The molecule has 6 aromatic carbocycles. The summed E-state index contributed by atoms with van der Waals surface area (Å²) >= 11 is 0. The average Bonchev–Trinajstić information content (AvgIpc) is 1.52. The van der Waals surface area contributed by atoms with Crippen LogP contribution in [0.1, 0.15) is 347 Å². The van der Waals surface area contributed by atoms with Crippen molar-refractivity contribution in [2.75, 3.05) is 86.0 Å². The molecular weight excluding hydrogens is 1950 g/mol. The maximum absolute atomic E-state index is 15.0. The van der Waals surface area contributed by atoms with Gasteiger partial charge in [0.1, 0.15) is 17.2 Å². The van der Waals surface area contributed by atoms with Gasteiger partial charge in [-0.05, 0) is 298 Å². The minimum atomic E-state index is -3.82. The molecule has 6 unspecified atom stereocenters. The molecule has 0 radical (unpaired) electrons. The van der Waals surface area contributed by atoms with Crippen LogP contribution < -0.4 is 33.7 Å². The maximum Gasteiger partial charge on any atom is 0.264 e. The zero-order valence-corrected chi connectivity index (χ0v) is 91.3. The number of hydrogen-bond donors (Lipinski definition) is 4. The standard InChI is InChI=1S/2C40H50N4O6S.C38H48N4O5S/c1-25(2)51(48,49)41-37(46)28-11-13-31-34(21-28)43-24-40(38(47)42-19-16-39(17-20-42)15-8-18-44(39)26(3)45)23-33(40)32-22-29(50-4)12-14-30(32)36(43)35(31)27-9-6-5-7-10-27;1-4-21-51(48,49)41-37(46)28-11-13-31-34(22-28)43-25-40(38(47)42-19-16-39(17-20-42)15-8-18-44(39)26(2)45)24-33(40)32-23-29(50-3)12-14-30(32)36(43)35(31)27-9-6-5-7-10-27;1-24(2)48(45,46)40-35(43)26-11-13-29-32(19-26)42-23-38(36(44)41-18-17-39-37(22-41)15-7-8-16-37)21-31(38)30-20-27(47-3)12-14-28(30)34(42)33(29)25-9-5-4-6-10-25/h11-14,21-22,25,27,33H,5-10,15-20,23-24H2,1-4H3,(H,41,46);11-14,22-23,27,33H,4-10,15-21,24-25H2,1-3H3,(H,41,46);11-14,19-20,24-25,31,39H,4-10,15-18,21-23H2,1-3H3,(H,40,43). The Morgan fingerprint density at radius 3 is 1.03 bits per heavy atom. The quantitative estimate of drug-likeness (QED) is 0.0584. The van der Waals surface area contributed by atoms with Crippen LogP contribution in [0, 0.1) is 16.2 Å². The van der Waals surface area contributed by atoms with Gasteiger partial charge in [-0.15, -0.1) is 0 Å². The van der Waals surface area contributed by atoms with Gasteiger partial charge in [-0.25, -0.2) is 39.4 Å². The van der Waals surface area contributed by atoms with Gasteiger partial charge in [-0.1, -0.05) is 95.8 Å². The normalized spacial score (nSPS) is 24.4. The number of piperidine rings is 2. The second-order valence-electron chi connectivity index (χ2n) is 47.4. The number of piperazine rings is 1. The molecule has 3 aromatic heterocycles. The van der Waals surface area contributed by atoms with Crippen molar-refractivity contribution in [1.29, 1.82) is 0 Å². The Balaban J connectivity index is 0.000000127. The molecule has 9 aromatic rings. The van der Waals surface area contributed by atoms with E-state index in [1.54, 1.807) is 88.0 Å². The fraction of sp³-hybridized carbons (Fsp3) is 0.576.